The molecule has 0 aromatic heterocycles. The summed E-state index contributed by atoms with van der Waals surface area (Å²) in [6.45, 7) is 11.8. The Balaban J connectivity index is 1.34. The molecule has 8 unspecified atom stereocenters. The van der Waals surface area contributed by atoms with E-state index in [0.717, 1.165) is 32.1 Å². The first-order valence-corrected chi connectivity index (χ1v) is 14.1. The lowest BCUT2D eigenvalue weighted by atomic mass is 9.41. The molecule has 1 aliphatic heterocycles. The van der Waals surface area contributed by atoms with Crippen LogP contribution >= 0.6 is 0 Å². The van der Waals surface area contributed by atoms with Crippen molar-refractivity contribution >= 4 is 5.97 Å². The van der Waals surface area contributed by atoms with E-state index in [1.165, 1.54) is 19.3 Å². The van der Waals surface area contributed by atoms with Crippen LogP contribution in [0.5, 0.6) is 0 Å². The first kappa shape index (κ1) is 23.7. The fraction of sp³-hybridized carbons (Fsp3) is 0.966. The second-order valence-electron chi connectivity index (χ2n) is 14.6. The van der Waals surface area contributed by atoms with Crippen molar-refractivity contribution in [1.82, 2.24) is 0 Å². The first-order valence-electron chi connectivity index (χ1n) is 14.1. The van der Waals surface area contributed by atoms with Crippen LogP contribution in [0.4, 0.5) is 0 Å². The summed E-state index contributed by atoms with van der Waals surface area (Å²) in [7, 11) is 0. The maximum absolute atomic E-state index is 12.1. The predicted molar refractivity (Wildman–Crippen MR) is 129 cm³/mol. The summed E-state index contributed by atoms with van der Waals surface area (Å²) >= 11 is 0. The smallest absolute Gasteiger partial charge is 0.303 e. The quantitative estimate of drug-likeness (QED) is 0.534. The van der Waals surface area contributed by atoms with Gasteiger partial charge >= 0.3 is 5.97 Å². The molecule has 1 heterocycles. The molecule has 1 saturated heterocycles. The number of fused-ring (bicyclic) bond motifs is 4. The molecule has 34 heavy (non-hydrogen) atoms. The zero-order valence-electron chi connectivity index (χ0n) is 21.8. The highest BCUT2D eigenvalue weighted by atomic mass is 16.5. The van der Waals surface area contributed by atoms with Crippen molar-refractivity contribution < 1.29 is 24.9 Å². The fourth-order valence-electron chi connectivity index (χ4n) is 11.9. The third-order valence-corrected chi connectivity index (χ3v) is 13.5. The standard InChI is InChI=1S/C29H46O5/c1-16-14-17(6-9-21(31)32)34-23-22(16)26(4)12-13-29-15-28(29)11-10-20(30)25(2,3)18(28)7-8-19(29)27(26,5)24(23)33/h16-20,22-24,30,33H,6-15H2,1-5H3,(H,31,32)/t16-,17?,18+,19?,20?,22?,23?,24+,26?,27-,28?,29?/m1/s1. The maximum Gasteiger partial charge on any atom is 0.303 e. The summed E-state index contributed by atoms with van der Waals surface area (Å²) in [5, 5.41) is 32.1. The van der Waals surface area contributed by atoms with Crippen molar-refractivity contribution in [2.75, 3.05) is 0 Å². The van der Waals surface area contributed by atoms with Crippen molar-refractivity contribution in [1.29, 1.82) is 0 Å². The maximum atomic E-state index is 12.1. The molecule has 192 valence electrons. The molecule has 5 aliphatic carbocycles. The van der Waals surface area contributed by atoms with E-state index < -0.39 is 12.1 Å². The molecule has 6 fully saturated rings. The number of ether oxygens (including phenoxy) is 1. The Morgan fingerprint density at radius 2 is 1.65 bits per heavy atom. The van der Waals surface area contributed by atoms with Gasteiger partial charge in [0.15, 0.2) is 0 Å². The summed E-state index contributed by atoms with van der Waals surface area (Å²) < 4.78 is 6.60. The molecule has 0 aromatic rings. The number of carbonyl (C=O) groups is 1. The number of carboxylic acid groups (broad SMARTS) is 1. The summed E-state index contributed by atoms with van der Waals surface area (Å²) in [5.41, 5.74) is 0.524. The lowest BCUT2D eigenvalue weighted by Crippen LogP contribution is -2.59. The molecular weight excluding hydrogens is 428 g/mol. The monoisotopic (exact) mass is 474 g/mol. The van der Waals surface area contributed by atoms with Crippen molar-refractivity contribution in [2.24, 2.45) is 50.7 Å². The number of carboxylic acids is 1. The van der Waals surface area contributed by atoms with Crippen molar-refractivity contribution in [3.63, 3.8) is 0 Å². The number of rotatable bonds is 3. The molecule has 0 bridgehead atoms. The predicted octanol–water partition coefficient (Wildman–Crippen LogP) is 5.03. The van der Waals surface area contributed by atoms with Gasteiger partial charge in [-0.3, -0.25) is 4.79 Å². The van der Waals surface area contributed by atoms with Crippen molar-refractivity contribution in [3.8, 4) is 0 Å². The SMILES string of the molecule is C[C@@H]1CC(CCC(=O)O)OC2C1C1(C)CCC34CC35CCC(O)C(C)(C)[C@@H]5CCC4[C@]1(C)[C@H]2O. The second-order valence-corrected chi connectivity index (χ2v) is 14.6. The van der Waals surface area contributed by atoms with Crippen LogP contribution in [0.2, 0.25) is 0 Å². The molecule has 0 aromatic carbocycles. The minimum atomic E-state index is -0.767. The third kappa shape index (κ3) is 2.55. The van der Waals surface area contributed by atoms with E-state index in [9.17, 15) is 20.1 Å². The van der Waals surface area contributed by atoms with E-state index in [-0.39, 0.29) is 41.0 Å². The molecule has 5 heteroatoms. The molecule has 6 rings (SSSR count). The third-order valence-electron chi connectivity index (χ3n) is 13.5. The van der Waals surface area contributed by atoms with Gasteiger partial charge in [-0.1, -0.05) is 34.6 Å². The van der Waals surface area contributed by atoms with E-state index in [1.54, 1.807) is 0 Å². The number of hydrogen-bond acceptors (Lipinski definition) is 4. The highest BCUT2D eigenvalue weighted by Gasteiger charge is 2.84. The van der Waals surface area contributed by atoms with Crippen LogP contribution in [0.1, 0.15) is 98.8 Å². The molecule has 0 amide bonds. The van der Waals surface area contributed by atoms with Gasteiger partial charge in [-0.05, 0) is 103 Å². The summed E-state index contributed by atoms with van der Waals surface area (Å²) in [6.07, 6.45) is 8.76. The Morgan fingerprint density at radius 3 is 2.35 bits per heavy atom. The van der Waals surface area contributed by atoms with Crippen LogP contribution in [0, 0.1) is 50.7 Å². The molecule has 12 atom stereocenters. The lowest BCUT2D eigenvalue weighted by molar-refractivity contribution is -0.182. The Morgan fingerprint density at radius 1 is 0.971 bits per heavy atom. The molecule has 5 saturated carbocycles. The number of aliphatic hydroxyl groups is 2. The van der Waals surface area contributed by atoms with E-state index in [4.69, 9.17) is 4.74 Å². The largest absolute Gasteiger partial charge is 0.481 e. The summed E-state index contributed by atoms with van der Waals surface area (Å²) in [5.74, 6) is 1.10. The molecule has 5 nitrogen and oxygen atoms in total. The van der Waals surface area contributed by atoms with Gasteiger partial charge in [0.05, 0.1) is 24.4 Å². The van der Waals surface area contributed by atoms with E-state index >= 15 is 0 Å². The summed E-state index contributed by atoms with van der Waals surface area (Å²) in [4.78, 5) is 11.2. The van der Waals surface area contributed by atoms with Crippen LogP contribution in [0.25, 0.3) is 0 Å². The molecule has 0 radical (unpaired) electrons. The molecular formula is C29H46O5. The van der Waals surface area contributed by atoms with Gasteiger partial charge in [-0.2, -0.15) is 0 Å². The van der Waals surface area contributed by atoms with Crippen LogP contribution in [-0.4, -0.2) is 45.7 Å². The zero-order valence-corrected chi connectivity index (χ0v) is 21.8. The van der Waals surface area contributed by atoms with E-state index in [1.807, 2.05) is 0 Å². The lowest BCUT2D eigenvalue weighted by Gasteiger charge is -2.63. The van der Waals surface area contributed by atoms with Gasteiger partial charge in [-0.25, -0.2) is 0 Å². The summed E-state index contributed by atoms with van der Waals surface area (Å²) in [6, 6.07) is 0. The van der Waals surface area contributed by atoms with E-state index in [2.05, 4.69) is 34.6 Å². The minimum absolute atomic E-state index is 0.0222. The Hall–Kier alpha value is -0.650. The topological polar surface area (TPSA) is 87.0 Å². The van der Waals surface area contributed by atoms with Gasteiger partial charge in [0, 0.05) is 11.8 Å². The number of aliphatic carboxylic acids is 1. The average Bonchev–Trinajstić information content (AvgIpc) is 3.40. The van der Waals surface area contributed by atoms with Crippen LogP contribution < -0.4 is 0 Å². The highest BCUT2D eigenvalue weighted by Crippen LogP contribution is 2.89. The highest BCUT2D eigenvalue weighted by molar-refractivity contribution is 5.66. The van der Waals surface area contributed by atoms with Gasteiger partial charge in [0.25, 0.3) is 0 Å². The van der Waals surface area contributed by atoms with Crippen molar-refractivity contribution in [3.05, 3.63) is 0 Å². The minimum Gasteiger partial charge on any atom is -0.481 e. The molecule has 2 spiro atoms. The zero-order chi connectivity index (χ0) is 24.5. The normalized spacial score (nSPS) is 59.1. The second kappa shape index (κ2) is 7.01. The average molecular weight is 475 g/mol. The first-order chi connectivity index (χ1) is 15.8. The Bertz CT molecular complexity index is 886. The number of aliphatic hydroxyl groups excluding tert-OH is 2. The molecule has 6 aliphatic rings. The Kier molecular flexibility index (Phi) is 4.89. The van der Waals surface area contributed by atoms with Gasteiger partial charge in [0.1, 0.15) is 0 Å². The van der Waals surface area contributed by atoms with Crippen molar-refractivity contribution in [2.45, 2.75) is 123 Å². The Labute approximate surface area is 205 Å². The molecule has 3 N–H and O–H groups in total. The van der Waals surface area contributed by atoms with Gasteiger partial charge in [0.2, 0.25) is 0 Å². The van der Waals surface area contributed by atoms with Crippen LogP contribution in [-0.2, 0) is 9.53 Å². The fourth-order valence-corrected chi connectivity index (χ4v) is 11.9. The van der Waals surface area contributed by atoms with Crippen LogP contribution in [0.3, 0.4) is 0 Å². The van der Waals surface area contributed by atoms with E-state index in [0.29, 0.717) is 40.9 Å². The van der Waals surface area contributed by atoms with Crippen LogP contribution in [0.15, 0.2) is 0 Å². The van der Waals surface area contributed by atoms with Gasteiger partial charge in [-0.15, -0.1) is 0 Å². The number of hydrogen-bond donors (Lipinski definition) is 3. The van der Waals surface area contributed by atoms with Gasteiger partial charge < -0.3 is 20.1 Å².